The molecule has 94 heavy (non-hydrogen) atoms. The molecule has 17 nitrogen and oxygen atoms in total. The molecule has 3 N–H and O–H groups in total. The molecule has 0 aliphatic heterocycles. The van der Waals surface area contributed by atoms with Crippen molar-refractivity contribution in [1.29, 1.82) is 0 Å². The summed E-state index contributed by atoms with van der Waals surface area (Å²) in [5.74, 6) is -2.21. The summed E-state index contributed by atoms with van der Waals surface area (Å²) in [5, 5.41) is 10.6. The maximum Gasteiger partial charge on any atom is 0.472 e. The van der Waals surface area contributed by atoms with Crippen molar-refractivity contribution < 1.29 is 80.2 Å². The summed E-state index contributed by atoms with van der Waals surface area (Å²) in [5.41, 5.74) is 0. The van der Waals surface area contributed by atoms with Crippen molar-refractivity contribution in [2.75, 3.05) is 39.6 Å². The van der Waals surface area contributed by atoms with Gasteiger partial charge >= 0.3 is 39.5 Å². The van der Waals surface area contributed by atoms with Crippen molar-refractivity contribution in [3.63, 3.8) is 0 Å². The summed E-state index contributed by atoms with van der Waals surface area (Å²) in [4.78, 5) is 72.7. The van der Waals surface area contributed by atoms with E-state index in [0.29, 0.717) is 25.7 Å². The van der Waals surface area contributed by atoms with Crippen LogP contribution >= 0.6 is 15.6 Å². The van der Waals surface area contributed by atoms with Gasteiger partial charge in [-0.2, -0.15) is 0 Å². The maximum atomic E-state index is 13.0. The molecule has 0 aromatic heterocycles. The number of aliphatic hydroxyl groups is 1. The quantitative estimate of drug-likeness (QED) is 0.0169. The van der Waals surface area contributed by atoms with E-state index in [1.807, 2.05) is 0 Å². The van der Waals surface area contributed by atoms with Gasteiger partial charge in [0.25, 0.3) is 0 Å². The molecule has 0 aliphatic rings. The summed E-state index contributed by atoms with van der Waals surface area (Å²) in [7, 11) is -9.94. The minimum absolute atomic E-state index is 0.0822. The van der Waals surface area contributed by atoms with E-state index >= 15 is 0 Å². The number of aliphatic hydroxyl groups excluding tert-OH is 1. The summed E-state index contributed by atoms with van der Waals surface area (Å²) < 4.78 is 68.3. The Morgan fingerprint density at radius 2 is 0.553 bits per heavy atom. The van der Waals surface area contributed by atoms with Crippen LogP contribution in [0.5, 0.6) is 0 Å². The summed E-state index contributed by atoms with van der Waals surface area (Å²) >= 11 is 0. The highest BCUT2D eigenvalue weighted by molar-refractivity contribution is 7.47. The molecule has 0 spiro atoms. The van der Waals surface area contributed by atoms with Crippen LogP contribution in [0.4, 0.5) is 0 Å². The van der Waals surface area contributed by atoms with E-state index in [1.54, 1.807) is 0 Å². The third-order valence-corrected chi connectivity index (χ3v) is 17.3. The zero-order valence-electron chi connectivity index (χ0n) is 59.1. The van der Waals surface area contributed by atoms with Gasteiger partial charge in [-0.15, -0.1) is 0 Å². The normalized spacial score (nSPS) is 14.5. The fourth-order valence-electron chi connectivity index (χ4n) is 9.77. The van der Waals surface area contributed by atoms with Gasteiger partial charge < -0.3 is 33.8 Å². The Labute approximate surface area is 570 Å². The average Bonchev–Trinajstić information content (AvgIpc) is 1.55. The predicted molar refractivity (Wildman–Crippen MR) is 381 cm³/mol. The molecule has 0 aliphatic carbocycles. The van der Waals surface area contributed by atoms with Crippen LogP contribution in [0.15, 0.2) is 85.1 Å². The summed E-state index contributed by atoms with van der Waals surface area (Å²) in [6.07, 6.45) is 67.3. The Morgan fingerprint density at radius 3 is 0.872 bits per heavy atom. The van der Waals surface area contributed by atoms with Crippen LogP contribution in [0, 0.1) is 0 Å². The standard InChI is InChI=1S/C75H132O17P2/c1-5-9-13-17-21-25-29-32-34-37-40-43-47-51-55-59-72(77)85-65-70(91-74(79)61-57-53-49-45-39-28-24-20-16-12-8-4)67-89-93(81,82)87-63-69(76)64-88-94(83,84)90-68-71(92-75(80)62-58-54-50-46-42-36-31-27-23-19-15-11-7-3)66-86-73(78)60-56-52-48-44-41-38-35-33-30-26-22-18-14-10-6-2/h9-10,13-14,21-22,25-27,31-35,69-71,76H,5-8,11-12,15-20,23-24,28-30,36-68H2,1-4H3,(H,81,82)(H,83,84)/b13-9-,14-10-,25-21-,26-22-,31-27-,34-32-,35-33-. The van der Waals surface area contributed by atoms with Gasteiger partial charge in [0.2, 0.25) is 0 Å². The largest absolute Gasteiger partial charge is 0.472 e. The maximum absolute atomic E-state index is 13.0. The first-order valence-electron chi connectivity index (χ1n) is 36.8. The highest BCUT2D eigenvalue weighted by Gasteiger charge is 2.30. The molecule has 0 saturated carbocycles. The van der Waals surface area contributed by atoms with Crippen molar-refractivity contribution in [3.8, 4) is 0 Å². The molecule has 19 heteroatoms. The molecule has 0 amide bonds. The van der Waals surface area contributed by atoms with Crippen LogP contribution in [0.1, 0.15) is 310 Å². The van der Waals surface area contributed by atoms with E-state index in [1.165, 1.54) is 64.2 Å². The Bertz CT molecular complexity index is 2120. The lowest BCUT2D eigenvalue weighted by Gasteiger charge is -2.21. The molecule has 0 rings (SSSR count). The van der Waals surface area contributed by atoms with E-state index < -0.39 is 97.5 Å². The van der Waals surface area contributed by atoms with Crippen LogP contribution in [0.3, 0.4) is 0 Å². The minimum Gasteiger partial charge on any atom is -0.462 e. The molecule has 0 aromatic rings. The first-order valence-corrected chi connectivity index (χ1v) is 39.8. The second-order valence-corrected chi connectivity index (χ2v) is 27.4. The van der Waals surface area contributed by atoms with Crippen molar-refractivity contribution in [2.24, 2.45) is 0 Å². The zero-order chi connectivity index (χ0) is 69.0. The third kappa shape index (κ3) is 66.8. The Kier molecular flexibility index (Phi) is 65.1. The third-order valence-electron chi connectivity index (χ3n) is 15.4. The summed E-state index contributed by atoms with van der Waals surface area (Å²) in [6, 6.07) is 0. The second kappa shape index (κ2) is 67.8. The monoisotopic (exact) mass is 1370 g/mol. The van der Waals surface area contributed by atoms with Crippen LogP contribution in [-0.4, -0.2) is 96.7 Å². The Morgan fingerprint density at radius 1 is 0.309 bits per heavy atom. The lowest BCUT2D eigenvalue weighted by Crippen LogP contribution is -2.30. The van der Waals surface area contributed by atoms with Crippen molar-refractivity contribution in [3.05, 3.63) is 85.1 Å². The number of allylic oxidation sites excluding steroid dienone is 14. The number of carbonyl (C=O) groups excluding carboxylic acids is 4. The zero-order valence-corrected chi connectivity index (χ0v) is 60.9. The van der Waals surface area contributed by atoms with Gasteiger partial charge in [-0.1, -0.05) is 254 Å². The smallest absolute Gasteiger partial charge is 0.462 e. The molecule has 0 saturated heterocycles. The SMILES string of the molecule is CC/C=C\C/C=C\C/C=C\CCCCCCCC(=O)OCC(COP(=O)(O)OCC(O)COP(=O)(O)OCC(COC(=O)CCCCCCC/C=C\C/C=C\C/C=C\CC)OC(=O)CCCCCCCCCCCCC)OC(=O)CCCCCCC/C=C\CCCCCC. The molecular formula is C75H132O17P2. The Hall–Kier alpha value is -3.76. The van der Waals surface area contributed by atoms with Gasteiger partial charge in [-0.3, -0.25) is 37.3 Å². The van der Waals surface area contributed by atoms with Crippen molar-refractivity contribution >= 4 is 39.5 Å². The lowest BCUT2D eigenvalue weighted by atomic mass is 10.1. The van der Waals surface area contributed by atoms with Crippen LogP contribution in [-0.2, 0) is 65.4 Å². The first kappa shape index (κ1) is 90.2. The minimum atomic E-state index is -4.97. The topological polar surface area (TPSA) is 237 Å². The fourth-order valence-corrected chi connectivity index (χ4v) is 11.4. The number of hydrogen-bond donors (Lipinski definition) is 3. The summed E-state index contributed by atoms with van der Waals surface area (Å²) in [6.45, 7) is 4.59. The van der Waals surface area contributed by atoms with Crippen LogP contribution in [0.2, 0.25) is 0 Å². The van der Waals surface area contributed by atoms with Crippen LogP contribution in [0.25, 0.3) is 0 Å². The number of ether oxygens (including phenoxy) is 4. The first-order chi connectivity index (χ1) is 45.7. The Balaban J connectivity index is 5.33. The predicted octanol–water partition coefficient (Wildman–Crippen LogP) is 20.7. The number of hydrogen-bond acceptors (Lipinski definition) is 15. The number of rotatable bonds is 69. The molecule has 0 fully saturated rings. The van der Waals surface area contributed by atoms with Gasteiger partial charge in [0.05, 0.1) is 26.4 Å². The number of phosphoric acid groups is 2. The highest BCUT2D eigenvalue weighted by Crippen LogP contribution is 2.45. The molecule has 5 atom stereocenters. The molecule has 0 aromatic carbocycles. The molecule has 0 bridgehead atoms. The average molecular weight is 1370 g/mol. The van der Waals surface area contributed by atoms with E-state index in [9.17, 15) is 43.2 Å². The van der Waals surface area contributed by atoms with Crippen LogP contribution < -0.4 is 0 Å². The molecular weight excluding hydrogens is 1230 g/mol. The van der Waals surface area contributed by atoms with Gasteiger partial charge in [-0.05, 0) is 116 Å². The highest BCUT2D eigenvalue weighted by atomic mass is 31.2. The molecule has 544 valence electrons. The van der Waals surface area contributed by atoms with Gasteiger partial charge in [-0.25, -0.2) is 9.13 Å². The van der Waals surface area contributed by atoms with Gasteiger partial charge in [0.1, 0.15) is 19.3 Å². The molecule has 0 radical (unpaired) electrons. The van der Waals surface area contributed by atoms with Crippen molar-refractivity contribution in [1.82, 2.24) is 0 Å². The fraction of sp³-hybridized carbons (Fsp3) is 0.760. The van der Waals surface area contributed by atoms with Crippen molar-refractivity contribution in [2.45, 2.75) is 329 Å². The van der Waals surface area contributed by atoms with E-state index in [4.69, 9.17) is 37.0 Å². The molecule has 5 unspecified atom stereocenters. The lowest BCUT2D eigenvalue weighted by molar-refractivity contribution is -0.161. The number of phosphoric ester groups is 2. The van der Waals surface area contributed by atoms with E-state index in [2.05, 4.69) is 113 Å². The van der Waals surface area contributed by atoms with Gasteiger partial charge in [0.15, 0.2) is 12.2 Å². The second-order valence-electron chi connectivity index (χ2n) is 24.5. The molecule has 0 heterocycles. The number of unbranched alkanes of at least 4 members (excludes halogenated alkanes) is 29. The van der Waals surface area contributed by atoms with Gasteiger partial charge in [0, 0.05) is 25.7 Å². The van der Waals surface area contributed by atoms with E-state index in [0.717, 1.165) is 167 Å². The van der Waals surface area contributed by atoms with E-state index in [-0.39, 0.29) is 25.7 Å². The number of carbonyl (C=O) groups is 4. The number of esters is 4.